The van der Waals surface area contributed by atoms with E-state index < -0.39 is 22.3 Å². The standard InChI is InChI=1S/C24H19ClN4O4/c1-28-13-18(15-3-2-4-17(11-15)29(32)33)21(22(30)14-7-9-26-10-8-14)24(28)19-12-16(25)5-6-20(19)27-23(24)31/h2-12,18,21H,13H2,1H3,(H,27,31)/t18-,21-,24-/m1/s1. The number of pyridine rings is 1. The molecule has 0 unspecified atom stereocenters. The Morgan fingerprint density at radius 3 is 2.70 bits per heavy atom. The van der Waals surface area contributed by atoms with E-state index in [0.29, 0.717) is 33.9 Å². The number of nitro benzene ring substituents is 1. The van der Waals surface area contributed by atoms with Crippen molar-refractivity contribution in [1.82, 2.24) is 9.88 Å². The van der Waals surface area contributed by atoms with Crippen LogP contribution in [-0.4, -0.2) is 40.1 Å². The highest BCUT2D eigenvalue weighted by Crippen LogP contribution is 2.56. The van der Waals surface area contributed by atoms with E-state index in [1.165, 1.54) is 24.5 Å². The molecule has 1 fully saturated rings. The molecule has 1 spiro atoms. The molecule has 0 bridgehead atoms. The second-order valence-corrected chi connectivity index (χ2v) is 8.76. The van der Waals surface area contributed by atoms with E-state index in [2.05, 4.69) is 10.3 Å². The number of likely N-dealkylation sites (N-methyl/N-ethyl adjacent to an activating group) is 1. The third-order valence-corrected chi connectivity index (χ3v) is 6.90. The van der Waals surface area contributed by atoms with Crippen molar-refractivity contribution in [3.8, 4) is 0 Å². The number of carbonyl (C=O) groups excluding carboxylic acids is 2. The second kappa shape index (κ2) is 7.75. The molecule has 33 heavy (non-hydrogen) atoms. The van der Waals surface area contributed by atoms with Gasteiger partial charge in [-0.1, -0.05) is 23.7 Å². The van der Waals surface area contributed by atoms with Gasteiger partial charge < -0.3 is 5.32 Å². The number of ketones is 1. The van der Waals surface area contributed by atoms with Crippen molar-refractivity contribution in [1.29, 1.82) is 0 Å². The fourth-order valence-corrected chi connectivity index (χ4v) is 5.45. The number of nitro groups is 1. The number of rotatable bonds is 4. The summed E-state index contributed by atoms with van der Waals surface area (Å²) in [5.74, 6) is -1.86. The maximum atomic E-state index is 14.0. The van der Waals surface area contributed by atoms with Crippen LogP contribution < -0.4 is 5.32 Å². The monoisotopic (exact) mass is 462 g/mol. The molecule has 1 saturated heterocycles. The lowest BCUT2D eigenvalue weighted by Crippen LogP contribution is -2.51. The highest BCUT2D eigenvalue weighted by Gasteiger charge is 2.64. The first-order chi connectivity index (χ1) is 15.8. The summed E-state index contributed by atoms with van der Waals surface area (Å²) in [5.41, 5.74) is 0.902. The molecule has 1 N–H and O–H groups in total. The van der Waals surface area contributed by atoms with Crippen molar-refractivity contribution in [2.24, 2.45) is 5.92 Å². The van der Waals surface area contributed by atoms with Gasteiger partial charge in [0, 0.05) is 58.8 Å². The smallest absolute Gasteiger partial charge is 0.269 e. The van der Waals surface area contributed by atoms with Crippen molar-refractivity contribution in [2.75, 3.05) is 18.9 Å². The number of nitrogens with one attached hydrogen (secondary N) is 1. The number of aromatic nitrogens is 1. The predicted octanol–water partition coefficient (Wildman–Crippen LogP) is 4.02. The summed E-state index contributed by atoms with van der Waals surface area (Å²) < 4.78 is 0. The summed E-state index contributed by atoms with van der Waals surface area (Å²) in [5, 5.41) is 14.8. The zero-order valence-electron chi connectivity index (χ0n) is 17.6. The highest BCUT2D eigenvalue weighted by atomic mass is 35.5. The number of halogens is 1. The number of benzene rings is 2. The number of amides is 1. The van der Waals surface area contributed by atoms with Gasteiger partial charge >= 0.3 is 0 Å². The summed E-state index contributed by atoms with van der Waals surface area (Å²) in [4.78, 5) is 44.4. The molecule has 166 valence electrons. The normalized spacial score (nSPS) is 24.0. The predicted molar refractivity (Wildman–Crippen MR) is 122 cm³/mol. The molecule has 3 atom stereocenters. The van der Waals surface area contributed by atoms with Gasteiger partial charge in [-0.25, -0.2) is 0 Å². The molecule has 0 saturated carbocycles. The third-order valence-electron chi connectivity index (χ3n) is 6.67. The van der Waals surface area contributed by atoms with Crippen LogP contribution in [0.25, 0.3) is 0 Å². The van der Waals surface area contributed by atoms with E-state index in [-0.39, 0.29) is 17.4 Å². The Kier molecular flexibility index (Phi) is 4.99. The first-order valence-corrected chi connectivity index (χ1v) is 10.7. The van der Waals surface area contributed by atoms with Crippen molar-refractivity contribution in [3.05, 3.63) is 98.8 Å². The number of non-ortho nitro benzene ring substituents is 1. The van der Waals surface area contributed by atoms with Crippen LogP contribution in [0.4, 0.5) is 11.4 Å². The van der Waals surface area contributed by atoms with Crippen LogP contribution >= 0.6 is 11.6 Å². The number of fused-ring (bicyclic) bond motifs is 2. The fourth-order valence-electron chi connectivity index (χ4n) is 5.28. The fraction of sp³-hybridized carbons (Fsp3) is 0.208. The highest BCUT2D eigenvalue weighted by molar-refractivity contribution is 6.31. The summed E-state index contributed by atoms with van der Waals surface area (Å²) in [6.45, 7) is 0.349. The molecule has 3 aromatic rings. The molecule has 0 aliphatic carbocycles. The van der Waals surface area contributed by atoms with E-state index in [1.54, 1.807) is 49.5 Å². The van der Waals surface area contributed by atoms with E-state index in [1.807, 2.05) is 4.90 Å². The summed E-state index contributed by atoms with van der Waals surface area (Å²) in [6, 6.07) is 14.6. The molecular formula is C24H19ClN4O4. The largest absolute Gasteiger partial charge is 0.324 e. The van der Waals surface area contributed by atoms with Crippen molar-refractivity contribution in [3.63, 3.8) is 0 Å². The Balaban J connectivity index is 1.74. The molecule has 9 heteroatoms. The summed E-state index contributed by atoms with van der Waals surface area (Å²) >= 11 is 6.31. The Labute approximate surface area is 194 Å². The van der Waals surface area contributed by atoms with Gasteiger partial charge in [-0.3, -0.25) is 29.6 Å². The first-order valence-electron chi connectivity index (χ1n) is 10.4. The number of anilines is 1. The second-order valence-electron chi connectivity index (χ2n) is 8.33. The number of hydrogen-bond acceptors (Lipinski definition) is 6. The lowest BCUT2D eigenvalue weighted by atomic mass is 9.70. The van der Waals surface area contributed by atoms with Gasteiger partial charge in [0.1, 0.15) is 5.54 Å². The van der Waals surface area contributed by atoms with Gasteiger partial charge in [-0.05, 0) is 42.9 Å². The van der Waals surface area contributed by atoms with Gasteiger partial charge in [-0.2, -0.15) is 0 Å². The average molecular weight is 463 g/mol. The van der Waals surface area contributed by atoms with E-state index >= 15 is 0 Å². The maximum absolute atomic E-state index is 14.0. The Morgan fingerprint density at radius 1 is 1.21 bits per heavy atom. The molecular weight excluding hydrogens is 444 g/mol. The lowest BCUT2D eigenvalue weighted by molar-refractivity contribution is -0.384. The molecule has 8 nitrogen and oxygen atoms in total. The average Bonchev–Trinajstić information content (AvgIpc) is 3.29. The zero-order chi connectivity index (χ0) is 23.3. The molecule has 0 radical (unpaired) electrons. The molecule has 5 rings (SSSR count). The van der Waals surface area contributed by atoms with Crippen LogP contribution in [-0.2, 0) is 10.3 Å². The van der Waals surface area contributed by atoms with Gasteiger partial charge in [0.2, 0.25) is 5.91 Å². The van der Waals surface area contributed by atoms with Gasteiger partial charge in [0.15, 0.2) is 5.78 Å². The molecule has 1 aromatic heterocycles. The summed E-state index contributed by atoms with van der Waals surface area (Å²) in [7, 11) is 1.79. The number of hydrogen-bond donors (Lipinski definition) is 1. The molecule has 2 aliphatic rings. The first kappa shape index (κ1) is 21.2. The number of nitrogens with zero attached hydrogens (tertiary/aromatic N) is 3. The molecule has 2 aromatic carbocycles. The zero-order valence-corrected chi connectivity index (χ0v) is 18.3. The quantitative estimate of drug-likeness (QED) is 0.356. The van der Waals surface area contributed by atoms with Crippen LogP contribution in [0.15, 0.2) is 67.0 Å². The van der Waals surface area contributed by atoms with Gasteiger partial charge in [-0.15, -0.1) is 0 Å². The van der Waals surface area contributed by atoms with Crippen molar-refractivity contribution >= 4 is 34.7 Å². The van der Waals surface area contributed by atoms with Crippen LogP contribution in [0.1, 0.15) is 27.4 Å². The van der Waals surface area contributed by atoms with Crippen molar-refractivity contribution in [2.45, 2.75) is 11.5 Å². The molecule has 3 heterocycles. The van der Waals surface area contributed by atoms with Gasteiger partial charge in [0.05, 0.1) is 10.8 Å². The van der Waals surface area contributed by atoms with Crippen LogP contribution in [0.3, 0.4) is 0 Å². The number of Topliss-reactive ketones (excluding diaryl/α,β-unsaturated/α-hetero) is 1. The molecule has 1 amide bonds. The Morgan fingerprint density at radius 2 is 1.97 bits per heavy atom. The Bertz CT molecular complexity index is 1300. The minimum Gasteiger partial charge on any atom is -0.324 e. The van der Waals surface area contributed by atoms with Crippen LogP contribution in [0.5, 0.6) is 0 Å². The van der Waals surface area contributed by atoms with E-state index in [4.69, 9.17) is 11.6 Å². The minimum absolute atomic E-state index is 0.0643. The minimum atomic E-state index is -1.31. The lowest BCUT2D eigenvalue weighted by Gasteiger charge is -2.35. The maximum Gasteiger partial charge on any atom is 0.269 e. The van der Waals surface area contributed by atoms with Crippen molar-refractivity contribution < 1.29 is 14.5 Å². The Hall–Kier alpha value is -3.62. The summed E-state index contributed by atoms with van der Waals surface area (Å²) in [6.07, 6.45) is 3.06. The number of carbonyl (C=O) groups is 2. The van der Waals surface area contributed by atoms with E-state index in [0.717, 1.165) is 0 Å². The number of likely N-dealkylation sites (tertiary alicyclic amines) is 1. The van der Waals surface area contributed by atoms with Crippen LogP contribution in [0, 0.1) is 16.0 Å². The van der Waals surface area contributed by atoms with Gasteiger partial charge in [0.25, 0.3) is 5.69 Å². The van der Waals surface area contributed by atoms with Crippen LogP contribution in [0.2, 0.25) is 5.02 Å². The SMILES string of the molecule is CN1C[C@H](c2cccc([N+](=O)[O-])c2)[C@H](C(=O)c2ccncc2)[C@]12C(=O)Nc1ccc(Cl)cc12. The topological polar surface area (TPSA) is 105 Å². The third kappa shape index (κ3) is 3.13. The molecule has 2 aliphatic heterocycles. The van der Waals surface area contributed by atoms with E-state index in [9.17, 15) is 19.7 Å².